The van der Waals surface area contributed by atoms with Crippen LogP contribution in [0.2, 0.25) is 5.04 Å². The molecule has 5 rings (SSSR count). The topological polar surface area (TPSA) is 66.2 Å². The Morgan fingerprint density at radius 2 is 1.52 bits per heavy atom. The smallest absolute Gasteiger partial charge is 0.330 e. The summed E-state index contributed by atoms with van der Waals surface area (Å²) in [5, 5.41) is 8.94. The number of carbonyl (C=O) groups excluding carboxylic acids is 1. The SMILES string of the molecule is COC(=O)C(C(C)C)n1ncc2c3ccc(CO[Si](c4ccccc4)(c4ccccc4)C(C)(C)C)cc3ncc21. The zero-order valence-electron chi connectivity index (χ0n) is 24.1. The molecule has 2 heterocycles. The predicted molar refractivity (Wildman–Crippen MR) is 163 cm³/mol. The van der Waals surface area contributed by atoms with E-state index >= 15 is 0 Å². The molecule has 6 nitrogen and oxygen atoms in total. The van der Waals surface area contributed by atoms with Crippen LogP contribution in [-0.4, -0.2) is 36.2 Å². The Kier molecular flexibility index (Phi) is 7.62. The fourth-order valence-electron chi connectivity index (χ4n) is 5.79. The maximum absolute atomic E-state index is 12.5. The second-order valence-electron chi connectivity index (χ2n) is 11.7. The van der Waals surface area contributed by atoms with Crippen LogP contribution in [0.3, 0.4) is 0 Å². The van der Waals surface area contributed by atoms with E-state index in [4.69, 9.17) is 14.1 Å². The highest BCUT2D eigenvalue weighted by Crippen LogP contribution is 2.37. The van der Waals surface area contributed by atoms with E-state index in [1.165, 1.54) is 17.5 Å². The number of aromatic nitrogens is 3. The average molecular weight is 552 g/mol. The van der Waals surface area contributed by atoms with Crippen molar-refractivity contribution < 1.29 is 14.0 Å². The normalized spacial score (nSPS) is 13.2. The number of methoxy groups -OCH3 is 1. The molecular formula is C33H37N3O3Si. The first-order valence-electron chi connectivity index (χ1n) is 13.7. The van der Waals surface area contributed by atoms with Crippen LogP contribution >= 0.6 is 0 Å². The van der Waals surface area contributed by atoms with Crippen molar-refractivity contribution in [2.75, 3.05) is 7.11 Å². The summed E-state index contributed by atoms with van der Waals surface area (Å²) in [4.78, 5) is 17.3. The summed E-state index contributed by atoms with van der Waals surface area (Å²) in [5.74, 6) is -0.289. The average Bonchev–Trinajstić information content (AvgIpc) is 3.37. The molecule has 0 fully saturated rings. The van der Waals surface area contributed by atoms with Crippen LogP contribution in [0.1, 0.15) is 46.2 Å². The van der Waals surface area contributed by atoms with Gasteiger partial charge >= 0.3 is 5.97 Å². The van der Waals surface area contributed by atoms with Crippen molar-refractivity contribution in [2.24, 2.45) is 5.92 Å². The van der Waals surface area contributed by atoms with E-state index in [1.54, 1.807) is 10.9 Å². The highest BCUT2D eigenvalue weighted by molar-refractivity contribution is 6.99. The van der Waals surface area contributed by atoms with Gasteiger partial charge in [-0.1, -0.05) is 107 Å². The predicted octanol–water partition coefficient (Wildman–Crippen LogP) is 6.03. The van der Waals surface area contributed by atoms with E-state index in [0.29, 0.717) is 6.61 Å². The van der Waals surface area contributed by atoms with E-state index in [-0.39, 0.29) is 16.9 Å². The summed E-state index contributed by atoms with van der Waals surface area (Å²) in [7, 11) is -1.25. The largest absolute Gasteiger partial charge is 0.467 e. The lowest BCUT2D eigenvalue weighted by Gasteiger charge is -2.43. The zero-order valence-corrected chi connectivity index (χ0v) is 25.1. The van der Waals surface area contributed by atoms with Crippen LogP contribution in [0.25, 0.3) is 21.8 Å². The van der Waals surface area contributed by atoms with Crippen molar-refractivity contribution in [3.05, 3.63) is 96.8 Å². The van der Waals surface area contributed by atoms with E-state index in [9.17, 15) is 4.79 Å². The molecule has 2 aromatic heterocycles. The number of esters is 1. The maximum Gasteiger partial charge on any atom is 0.330 e. The molecule has 0 amide bonds. The van der Waals surface area contributed by atoms with Gasteiger partial charge in [0.2, 0.25) is 0 Å². The highest BCUT2D eigenvalue weighted by atomic mass is 28.4. The minimum Gasteiger partial charge on any atom is -0.467 e. The summed E-state index contributed by atoms with van der Waals surface area (Å²) in [6, 6.07) is 27.1. The second-order valence-corrected chi connectivity index (χ2v) is 16.0. The van der Waals surface area contributed by atoms with E-state index in [0.717, 1.165) is 27.4 Å². The van der Waals surface area contributed by atoms with Gasteiger partial charge in [0.25, 0.3) is 8.32 Å². The lowest BCUT2D eigenvalue weighted by Crippen LogP contribution is -2.66. The van der Waals surface area contributed by atoms with Gasteiger partial charge in [0, 0.05) is 10.8 Å². The lowest BCUT2D eigenvalue weighted by atomic mass is 10.0. The summed E-state index contributed by atoms with van der Waals surface area (Å²) >= 11 is 0. The van der Waals surface area contributed by atoms with E-state index in [2.05, 4.69) is 105 Å². The Bertz CT molecular complexity index is 1590. The van der Waals surface area contributed by atoms with Crippen LogP contribution in [0.15, 0.2) is 91.3 Å². The van der Waals surface area contributed by atoms with Crippen molar-refractivity contribution in [1.29, 1.82) is 0 Å². The van der Waals surface area contributed by atoms with E-state index in [1.807, 2.05) is 20.0 Å². The van der Waals surface area contributed by atoms with Gasteiger partial charge in [0.1, 0.15) is 0 Å². The van der Waals surface area contributed by atoms with Crippen LogP contribution in [0.4, 0.5) is 0 Å². The van der Waals surface area contributed by atoms with Crippen LogP contribution in [0, 0.1) is 5.92 Å². The van der Waals surface area contributed by atoms with Crippen LogP contribution in [0.5, 0.6) is 0 Å². The Morgan fingerprint density at radius 3 is 2.08 bits per heavy atom. The summed E-state index contributed by atoms with van der Waals surface area (Å²) in [6.45, 7) is 11.3. The fourth-order valence-corrected chi connectivity index (χ4v) is 10.3. The number of carbonyl (C=O) groups is 1. The molecule has 0 radical (unpaired) electrons. The lowest BCUT2D eigenvalue weighted by molar-refractivity contribution is -0.146. The molecule has 0 bridgehead atoms. The molecule has 40 heavy (non-hydrogen) atoms. The number of ether oxygens (including phenoxy) is 1. The van der Waals surface area contributed by atoms with Gasteiger partial charge in [-0.3, -0.25) is 4.98 Å². The summed E-state index contributed by atoms with van der Waals surface area (Å²) in [6.07, 6.45) is 3.62. The number of rotatable bonds is 8. The molecule has 1 atom stereocenters. The zero-order chi connectivity index (χ0) is 28.5. The molecule has 5 aromatic rings. The number of hydrogen-bond acceptors (Lipinski definition) is 5. The summed E-state index contributed by atoms with van der Waals surface area (Å²) < 4.78 is 13.9. The summed E-state index contributed by atoms with van der Waals surface area (Å²) in [5.41, 5.74) is 2.75. The minimum absolute atomic E-state index is 0.0206. The molecule has 0 spiro atoms. The van der Waals surface area contributed by atoms with Crippen LogP contribution < -0.4 is 10.4 Å². The molecule has 0 saturated carbocycles. The third-order valence-corrected chi connectivity index (χ3v) is 12.7. The van der Waals surface area contributed by atoms with Gasteiger partial charge in [-0.2, -0.15) is 5.10 Å². The molecule has 0 aliphatic rings. The first-order valence-corrected chi connectivity index (χ1v) is 15.7. The quantitative estimate of drug-likeness (QED) is 0.174. The molecule has 7 heteroatoms. The number of fused-ring (bicyclic) bond motifs is 3. The molecule has 0 aliphatic carbocycles. The Morgan fingerprint density at radius 1 is 0.900 bits per heavy atom. The molecule has 0 aliphatic heterocycles. The number of nitrogens with zero attached hydrogens (tertiary/aromatic N) is 3. The van der Waals surface area contributed by atoms with Gasteiger partial charge in [0.05, 0.1) is 37.1 Å². The molecule has 206 valence electrons. The minimum atomic E-state index is -2.66. The van der Waals surface area contributed by atoms with Gasteiger partial charge in [0.15, 0.2) is 6.04 Å². The highest BCUT2D eigenvalue weighted by Gasteiger charge is 2.50. The van der Waals surface area contributed by atoms with Gasteiger partial charge < -0.3 is 9.16 Å². The van der Waals surface area contributed by atoms with Crippen molar-refractivity contribution in [1.82, 2.24) is 14.8 Å². The van der Waals surface area contributed by atoms with Gasteiger partial charge in [-0.15, -0.1) is 0 Å². The maximum atomic E-state index is 12.5. The molecule has 0 saturated heterocycles. The third-order valence-electron chi connectivity index (χ3n) is 7.72. The number of pyridine rings is 1. The third kappa shape index (κ3) is 4.84. The van der Waals surface area contributed by atoms with Crippen molar-refractivity contribution >= 4 is 46.5 Å². The Labute approximate surface area is 237 Å². The van der Waals surface area contributed by atoms with Crippen molar-refractivity contribution in [2.45, 2.75) is 52.3 Å². The second kappa shape index (κ2) is 11.0. The van der Waals surface area contributed by atoms with Crippen LogP contribution in [-0.2, 0) is 20.6 Å². The van der Waals surface area contributed by atoms with Crippen molar-refractivity contribution in [3.63, 3.8) is 0 Å². The first-order chi connectivity index (χ1) is 19.2. The molecule has 0 N–H and O–H groups in total. The van der Waals surface area contributed by atoms with Gasteiger partial charge in [-0.25, -0.2) is 9.48 Å². The number of hydrogen-bond donors (Lipinski definition) is 0. The standard InChI is InChI=1S/C33H37N3O3Si/c1-23(2)31(32(37)38-6)36-30-21-34-29-19-24(17-18-27(29)28(30)20-35-36)22-39-40(33(3,4)5,25-13-9-7-10-14-25)26-15-11-8-12-16-26/h7-21,23,31H,22H2,1-6H3. The molecule has 3 aromatic carbocycles. The Hall–Kier alpha value is -3.81. The monoisotopic (exact) mass is 551 g/mol. The van der Waals surface area contributed by atoms with Crippen molar-refractivity contribution in [3.8, 4) is 0 Å². The molecule has 1 unspecified atom stereocenters. The van der Waals surface area contributed by atoms with Gasteiger partial charge in [-0.05, 0) is 33.0 Å². The fraction of sp³-hybridized carbons (Fsp3) is 0.303. The molecular weight excluding hydrogens is 514 g/mol. The number of benzene rings is 3. The Balaban J connectivity index is 1.53. The first kappa shape index (κ1) is 27.7. The van der Waals surface area contributed by atoms with E-state index < -0.39 is 14.4 Å².